The number of hydrogen-bond acceptors (Lipinski definition) is 6. The molecule has 0 saturated carbocycles. The van der Waals surface area contributed by atoms with Crippen molar-refractivity contribution in [2.45, 2.75) is 71.2 Å². The Morgan fingerprint density at radius 1 is 1.38 bits per heavy atom. The van der Waals surface area contributed by atoms with Gasteiger partial charge in [-0.3, -0.25) is 4.79 Å². The molecule has 0 bridgehead atoms. The molecule has 8 nitrogen and oxygen atoms in total. The normalized spacial score (nSPS) is 20.9. The van der Waals surface area contributed by atoms with E-state index in [4.69, 9.17) is 9.47 Å². The number of nitrogens with zero attached hydrogens (tertiary/aromatic N) is 3. The molecule has 4 atom stereocenters. The molecule has 1 aromatic heterocycles. The van der Waals surface area contributed by atoms with Gasteiger partial charge in [-0.2, -0.15) is 0 Å². The molecule has 0 aliphatic carbocycles. The summed E-state index contributed by atoms with van der Waals surface area (Å²) in [5.74, 6) is 5.98. The first-order valence-corrected chi connectivity index (χ1v) is 10.5. The third kappa shape index (κ3) is 7.77. The minimum atomic E-state index is -0.136. The second-order valence-electron chi connectivity index (χ2n) is 7.97. The smallest absolute Gasteiger partial charge is 0.225 e. The standard InChI is InChI=1S/C21H35N5O3/c1-15(2)23-21(27)17(4)20-9-8-19(29-20)13-16(3)26-14-18(24-25-26)7-6-10-22-11-12-28-5/h14-17,19-20,22H,8-13H2,1-5H3,(H,23,27)/t16-,17-,19+,20-/m1/s1. The molecule has 1 aliphatic rings. The molecule has 0 radical (unpaired) electrons. The van der Waals surface area contributed by atoms with E-state index in [9.17, 15) is 4.79 Å². The molecule has 0 unspecified atom stereocenters. The summed E-state index contributed by atoms with van der Waals surface area (Å²) < 4.78 is 13.0. The quantitative estimate of drug-likeness (QED) is 0.453. The number of amides is 1. The Labute approximate surface area is 174 Å². The zero-order valence-electron chi connectivity index (χ0n) is 18.3. The lowest BCUT2D eigenvalue weighted by atomic mass is 10.00. The molecule has 0 spiro atoms. The van der Waals surface area contributed by atoms with Crippen LogP contribution in [0.15, 0.2) is 6.20 Å². The van der Waals surface area contributed by atoms with Crippen molar-refractivity contribution in [2.75, 3.05) is 26.8 Å². The van der Waals surface area contributed by atoms with Crippen molar-refractivity contribution in [3.05, 3.63) is 11.9 Å². The topological polar surface area (TPSA) is 90.3 Å². The molecule has 29 heavy (non-hydrogen) atoms. The molecule has 0 aromatic carbocycles. The van der Waals surface area contributed by atoms with Crippen LogP contribution in [0.25, 0.3) is 0 Å². The van der Waals surface area contributed by atoms with E-state index in [2.05, 4.69) is 39.7 Å². The molecular formula is C21H35N5O3. The Bertz CT molecular complexity index is 694. The molecule has 8 heteroatoms. The van der Waals surface area contributed by atoms with Gasteiger partial charge in [0.05, 0.1) is 43.5 Å². The lowest BCUT2D eigenvalue weighted by molar-refractivity contribution is -0.129. The van der Waals surface area contributed by atoms with Crippen molar-refractivity contribution in [1.82, 2.24) is 25.6 Å². The van der Waals surface area contributed by atoms with Gasteiger partial charge in [-0.25, -0.2) is 4.68 Å². The SMILES string of the molecule is COCCNCC#Cc1cn([C@H](C)C[C@@H]2CC[C@H]([C@@H](C)C(=O)NC(C)C)O2)nn1. The Hall–Kier alpha value is -1.95. The van der Waals surface area contributed by atoms with Crippen molar-refractivity contribution in [2.24, 2.45) is 5.92 Å². The largest absolute Gasteiger partial charge is 0.383 e. The van der Waals surface area contributed by atoms with Crippen molar-refractivity contribution < 1.29 is 14.3 Å². The first kappa shape index (κ1) is 23.3. The lowest BCUT2D eigenvalue weighted by Crippen LogP contribution is -2.39. The summed E-state index contributed by atoms with van der Waals surface area (Å²) in [5.41, 5.74) is 0.662. The monoisotopic (exact) mass is 405 g/mol. The maximum absolute atomic E-state index is 12.2. The van der Waals surface area contributed by atoms with Gasteiger partial charge in [0.15, 0.2) is 5.69 Å². The number of hydrogen-bond donors (Lipinski definition) is 2. The molecular weight excluding hydrogens is 370 g/mol. The average Bonchev–Trinajstić information content (AvgIpc) is 3.33. The van der Waals surface area contributed by atoms with Crippen LogP contribution in [0.4, 0.5) is 0 Å². The highest BCUT2D eigenvalue weighted by atomic mass is 16.5. The van der Waals surface area contributed by atoms with Crippen LogP contribution in [0.3, 0.4) is 0 Å². The molecule has 1 fully saturated rings. The highest BCUT2D eigenvalue weighted by molar-refractivity contribution is 5.79. The predicted molar refractivity (Wildman–Crippen MR) is 111 cm³/mol. The summed E-state index contributed by atoms with van der Waals surface area (Å²) in [6, 6.07) is 0.300. The van der Waals surface area contributed by atoms with E-state index >= 15 is 0 Å². The summed E-state index contributed by atoms with van der Waals surface area (Å²) in [7, 11) is 1.67. The van der Waals surface area contributed by atoms with Crippen molar-refractivity contribution in [3.63, 3.8) is 0 Å². The number of carbonyl (C=O) groups is 1. The predicted octanol–water partition coefficient (Wildman–Crippen LogP) is 1.53. The third-order valence-corrected chi connectivity index (χ3v) is 5.02. The van der Waals surface area contributed by atoms with Crippen LogP contribution < -0.4 is 10.6 Å². The Morgan fingerprint density at radius 2 is 2.17 bits per heavy atom. The van der Waals surface area contributed by atoms with Crippen LogP contribution in [0.5, 0.6) is 0 Å². The molecule has 1 aliphatic heterocycles. The van der Waals surface area contributed by atoms with Crippen LogP contribution in [0.1, 0.15) is 58.7 Å². The number of nitrogens with one attached hydrogen (secondary N) is 2. The van der Waals surface area contributed by atoms with Crippen LogP contribution in [-0.4, -0.2) is 66.0 Å². The highest BCUT2D eigenvalue weighted by Gasteiger charge is 2.33. The van der Waals surface area contributed by atoms with E-state index in [-0.39, 0.29) is 36.1 Å². The summed E-state index contributed by atoms with van der Waals surface area (Å²) in [4.78, 5) is 12.2. The lowest BCUT2D eigenvalue weighted by Gasteiger charge is -2.22. The minimum absolute atomic E-state index is 0.0197. The molecule has 2 rings (SSSR count). The number of carbonyl (C=O) groups excluding carboxylic acids is 1. The fourth-order valence-corrected chi connectivity index (χ4v) is 3.36. The fourth-order valence-electron chi connectivity index (χ4n) is 3.36. The molecule has 1 amide bonds. The van der Waals surface area contributed by atoms with Gasteiger partial charge < -0.3 is 20.1 Å². The van der Waals surface area contributed by atoms with E-state index in [1.807, 2.05) is 31.6 Å². The zero-order valence-corrected chi connectivity index (χ0v) is 18.3. The maximum atomic E-state index is 12.2. The summed E-state index contributed by atoms with van der Waals surface area (Å²) >= 11 is 0. The van der Waals surface area contributed by atoms with Gasteiger partial charge >= 0.3 is 0 Å². The zero-order chi connectivity index (χ0) is 21.2. The Kier molecular flexibility index (Phi) is 9.58. The molecule has 2 N–H and O–H groups in total. The van der Waals surface area contributed by atoms with Crippen molar-refractivity contribution in [3.8, 4) is 11.8 Å². The van der Waals surface area contributed by atoms with E-state index in [1.165, 1.54) is 0 Å². The Morgan fingerprint density at radius 3 is 2.90 bits per heavy atom. The first-order chi connectivity index (χ1) is 13.9. The second-order valence-corrected chi connectivity index (χ2v) is 7.97. The summed E-state index contributed by atoms with van der Waals surface area (Å²) in [6.07, 6.45) is 4.69. The van der Waals surface area contributed by atoms with Gasteiger partial charge in [0, 0.05) is 19.7 Å². The van der Waals surface area contributed by atoms with Gasteiger partial charge in [0.1, 0.15) is 0 Å². The van der Waals surface area contributed by atoms with Crippen LogP contribution in [0, 0.1) is 17.8 Å². The third-order valence-electron chi connectivity index (χ3n) is 5.02. The minimum Gasteiger partial charge on any atom is -0.383 e. The fraction of sp³-hybridized carbons (Fsp3) is 0.762. The van der Waals surface area contributed by atoms with E-state index in [0.29, 0.717) is 18.8 Å². The first-order valence-electron chi connectivity index (χ1n) is 10.5. The molecule has 2 heterocycles. The van der Waals surface area contributed by atoms with Crippen LogP contribution in [-0.2, 0) is 14.3 Å². The van der Waals surface area contributed by atoms with E-state index < -0.39 is 0 Å². The van der Waals surface area contributed by atoms with E-state index in [0.717, 1.165) is 25.8 Å². The molecule has 162 valence electrons. The Balaban J connectivity index is 1.78. The van der Waals surface area contributed by atoms with Gasteiger partial charge in [0.25, 0.3) is 0 Å². The average molecular weight is 406 g/mol. The van der Waals surface area contributed by atoms with Crippen molar-refractivity contribution >= 4 is 5.91 Å². The number of rotatable bonds is 10. The van der Waals surface area contributed by atoms with Crippen LogP contribution in [0.2, 0.25) is 0 Å². The van der Waals surface area contributed by atoms with Gasteiger partial charge in [-0.05, 0) is 46.0 Å². The van der Waals surface area contributed by atoms with Gasteiger partial charge in [0.2, 0.25) is 5.91 Å². The van der Waals surface area contributed by atoms with Gasteiger partial charge in [-0.15, -0.1) is 5.10 Å². The maximum Gasteiger partial charge on any atom is 0.225 e. The number of aromatic nitrogens is 3. The highest BCUT2D eigenvalue weighted by Crippen LogP contribution is 2.30. The van der Waals surface area contributed by atoms with Crippen molar-refractivity contribution in [1.29, 1.82) is 0 Å². The number of methoxy groups -OCH3 is 1. The molecule has 1 aromatic rings. The van der Waals surface area contributed by atoms with Gasteiger partial charge in [-0.1, -0.05) is 18.1 Å². The van der Waals surface area contributed by atoms with E-state index in [1.54, 1.807) is 7.11 Å². The van der Waals surface area contributed by atoms with Crippen LogP contribution >= 0.6 is 0 Å². The summed E-state index contributed by atoms with van der Waals surface area (Å²) in [6.45, 7) is 10.0. The summed E-state index contributed by atoms with van der Waals surface area (Å²) in [5, 5.41) is 14.5. The molecule has 1 saturated heterocycles. The number of ether oxygens (including phenoxy) is 2. The second kappa shape index (κ2) is 11.9.